The van der Waals surface area contributed by atoms with Crippen LogP contribution in [0.1, 0.15) is 0 Å². The summed E-state index contributed by atoms with van der Waals surface area (Å²) in [5.41, 5.74) is 7.05. The molecule has 0 bridgehead atoms. The fraction of sp³-hybridized carbons (Fsp3) is 0.300. The standard InChI is InChI=1S/C10H13N3OS/c1-14-9-5-3-2-4-8(9)12-13-10-11-6-7-15-10/h2-5,12H,6-7H2,1H3,(H,11,13). The van der Waals surface area contributed by atoms with Crippen LogP contribution in [-0.2, 0) is 0 Å². The monoisotopic (exact) mass is 223 g/mol. The number of rotatable bonds is 3. The van der Waals surface area contributed by atoms with Gasteiger partial charge in [-0.3, -0.25) is 15.8 Å². The van der Waals surface area contributed by atoms with Gasteiger partial charge in [0.25, 0.3) is 0 Å². The van der Waals surface area contributed by atoms with Crippen LogP contribution >= 0.6 is 11.8 Å². The van der Waals surface area contributed by atoms with E-state index < -0.39 is 0 Å². The van der Waals surface area contributed by atoms with Gasteiger partial charge in [0.2, 0.25) is 0 Å². The number of aliphatic imine (C=N–C) groups is 1. The number of nitrogens with one attached hydrogen (secondary N) is 2. The third-order valence-electron chi connectivity index (χ3n) is 2.00. The Balaban J connectivity index is 1.97. The summed E-state index contributed by atoms with van der Waals surface area (Å²) in [5, 5.41) is 0.931. The number of methoxy groups -OCH3 is 1. The molecule has 1 aliphatic heterocycles. The molecule has 0 spiro atoms. The average molecular weight is 223 g/mol. The van der Waals surface area contributed by atoms with E-state index in [0.29, 0.717) is 0 Å². The minimum Gasteiger partial charge on any atom is -0.495 e. The van der Waals surface area contributed by atoms with Gasteiger partial charge >= 0.3 is 0 Å². The topological polar surface area (TPSA) is 45.6 Å². The van der Waals surface area contributed by atoms with E-state index in [1.807, 2.05) is 24.3 Å². The first-order valence-corrected chi connectivity index (χ1v) is 5.71. The molecular weight excluding hydrogens is 210 g/mol. The Hall–Kier alpha value is -1.36. The minimum atomic E-state index is 0.814. The minimum absolute atomic E-state index is 0.814. The lowest BCUT2D eigenvalue weighted by molar-refractivity contribution is 0.416. The zero-order valence-corrected chi connectivity index (χ0v) is 9.30. The highest BCUT2D eigenvalue weighted by Gasteiger charge is 2.06. The maximum atomic E-state index is 5.21. The summed E-state index contributed by atoms with van der Waals surface area (Å²) >= 11 is 1.71. The Morgan fingerprint density at radius 2 is 2.20 bits per heavy atom. The summed E-state index contributed by atoms with van der Waals surface area (Å²) < 4.78 is 5.21. The van der Waals surface area contributed by atoms with Crippen LogP contribution in [0.5, 0.6) is 5.75 Å². The van der Waals surface area contributed by atoms with Crippen molar-refractivity contribution in [2.24, 2.45) is 4.99 Å². The van der Waals surface area contributed by atoms with Crippen LogP contribution in [0, 0.1) is 0 Å². The fourth-order valence-electron chi connectivity index (χ4n) is 1.28. The van der Waals surface area contributed by atoms with E-state index in [1.54, 1.807) is 18.9 Å². The number of hydrogen-bond donors (Lipinski definition) is 2. The van der Waals surface area contributed by atoms with Crippen LogP contribution in [0.15, 0.2) is 29.3 Å². The van der Waals surface area contributed by atoms with Gasteiger partial charge in [-0.25, -0.2) is 0 Å². The molecule has 15 heavy (non-hydrogen) atoms. The lowest BCUT2D eigenvalue weighted by atomic mass is 10.3. The Morgan fingerprint density at radius 3 is 2.93 bits per heavy atom. The summed E-state index contributed by atoms with van der Waals surface area (Å²) in [7, 11) is 1.66. The molecule has 80 valence electrons. The van der Waals surface area contributed by atoms with E-state index in [4.69, 9.17) is 4.74 Å². The number of ether oxygens (including phenoxy) is 1. The molecule has 0 radical (unpaired) electrons. The van der Waals surface area contributed by atoms with Crippen molar-refractivity contribution in [1.29, 1.82) is 0 Å². The van der Waals surface area contributed by atoms with Crippen molar-refractivity contribution in [3.63, 3.8) is 0 Å². The second-order valence-corrected chi connectivity index (χ2v) is 4.07. The summed E-state index contributed by atoms with van der Waals surface area (Å²) in [6.07, 6.45) is 0. The van der Waals surface area contributed by atoms with Gasteiger partial charge in [-0.15, -0.1) is 0 Å². The van der Waals surface area contributed by atoms with Crippen molar-refractivity contribution in [3.05, 3.63) is 24.3 Å². The molecule has 5 heteroatoms. The van der Waals surface area contributed by atoms with E-state index in [0.717, 1.165) is 28.9 Å². The third kappa shape index (κ3) is 2.56. The number of thioether (sulfide) groups is 1. The molecule has 2 N–H and O–H groups in total. The molecule has 0 atom stereocenters. The third-order valence-corrected chi connectivity index (χ3v) is 2.89. The molecule has 0 aromatic heterocycles. The number of benzene rings is 1. The number of hydrazine groups is 1. The Labute approximate surface area is 93.1 Å². The van der Waals surface area contributed by atoms with Crippen molar-refractivity contribution in [3.8, 4) is 5.75 Å². The first kappa shape index (κ1) is 10.2. The highest BCUT2D eigenvalue weighted by atomic mass is 32.2. The van der Waals surface area contributed by atoms with Crippen LogP contribution < -0.4 is 15.6 Å². The molecular formula is C10H13N3OS. The number of amidine groups is 1. The van der Waals surface area contributed by atoms with E-state index in [2.05, 4.69) is 15.8 Å². The van der Waals surface area contributed by atoms with Gasteiger partial charge in [0.1, 0.15) is 5.75 Å². The maximum Gasteiger partial charge on any atom is 0.175 e. The largest absolute Gasteiger partial charge is 0.495 e. The molecule has 1 aliphatic rings. The van der Waals surface area contributed by atoms with Gasteiger partial charge in [-0.1, -0.05) is 23.9 Å². The average Bonchev–Trinajstić information content (AvgIpc) is 2.79. The summed E-state index contributed by atoms with van der Waals surface area (Å²) in [5.74, 6) is 1.87. The lowest BCUT2D eigenvalue weighted by Crippen LogP contribution is -2.26. The predicted octanol–water partition coefficient (Wildman–Crippen LogP) is 1.71. The number of anilines is 1. The van der Waals surface area contributed by atoms with E-state index in [1.165, 1.54) is 0 Å². The van der Waals surface area contributed by atoms with E-state index in [-0.39, 0.29) is 0 Å². The molecule has 0 unspecified atom stereocenters. The smallest absolute Gasteiger partial charge is 0.175 e. The van der Waals surface area contributed by atoms with Crippen molar-refractivity contribution < 1.29 is 4.74 Å². The van der Waals surface area contributed by atoms with Gasteiger partial charge < -0.3 is 4.74 Å². The highest BCUT2D eigenvalue weighted by molar-refractivity contribution is 8.14. The molecule has 0 saturated heterocycles. The summed E-state index contributed by atoms with van der Waals surface area (Å²) in [4.78, 5) is 4.27. The van der Waals surface area contributed by atoms with Crippen molar-refractivity contribution >= 4 is 22.6 Å². The molecule has 0 amide bonds. The summed E-state index contributed by atoms with van der Waals surface area (Å²) in [6, 6.07) is 7.75. The Bertz CT molecular complexity index is 367. The van der Waals surface area contributed by atoms with Gasteiger partial charge in [-0.05, 0) is 12.1 Å². The van der Waals surface area contributed by atoms with Crippen LogP contribution in [0.2, 0.25) is 0 Å². The molecule has 0 aliphatic carbocycles. The molecule has 0 saturated carbocycles. The molecule has 1 aromatic rings. The second-order valence-electron chi connectivity index (χ2n) is 2.99. The second kappa shape index (κ2) is 4.93. The molecule has 1 aromatic carbocycles. The molecule has 1 heterocycles. The lowest BCUT2D eigenvalue weighted by Gasteiger charge is -2.11. The molecule has 0 fully saturated rings. The van der Waals surface area contributed by atoms with Crippen LogP contribution in [0.3, 0.4) is 0 Å². The van der Waals surface area contributed by atoms with Crippen molar-refractivity contribution in [1.82, 2.24) is 5.43 Å². The zero-order chi connectivity index (χ0) is 10.5. The Kier molecular flexibility index (Phi) is 3.34. The highest BCUT2D eigenvalue weighted by Crippen LogP contribution is 2.22. The number of para-hydroxylation sites is 2. The van der Waals surface area contributed by atoms with Crippen molar-refractivity contribution in [2.75, 3.05) is 24.8 Å². The number of nitrogens with zero attached hydrogens (tertiary/aromatic N) is 1. The van der Waals surface area contributed by atoms with E-state index in [9.17, 15) is 0 Å². The van der Waals surface area contributed by atoms with Crippen LogP contribution in [0.4, 0.5) is 5.69 Å². The van der Waals surface area contributed by atoms with Gasteiger partial charge in [0.05, 0.1) is 19.3 Å². The fourth-order valence-corrected chi connectivity index (χ4v) is 1.96. The van der Waals surface area contributed by atoms with Crippen molar-refractivity contribution in [2.45, 2.75) is 0 Å². The van der Waals surface area contributed by atoms with Crippen LogP contribution in [-0.4, -0.2) is 24.6 Å². The summed E-state index contributed by atoms with van der Waals surface area (Å²) in [6.45, 7) is 0.889. The quantitative estimate of drug-likeness (QED) is 0.766. The SMILES string of the molecule is COc1ccccc1NNC1=NCCS1. The van der Waals surface area contributed by atoms with Gasteiger partial charge in [-0.2, -0.15) is 0 Å². The Morgan fingerprint density at radius 1 is 1.33 bits per heavy atom. The maximum absolute atomic E-state index is 5.21. The first-order chi connectivity index (χ1) is 7.40. The normalized spacial score (nSPS) is 14.6. The first-order valence-electron chi connectivity index (χ1n) is 4.72. The molecule has 4 nitrogen and oxygen atoms in total. The molecule has 2 rings (SSSR count). The van der Waals surface area contributed by atoms with E-state index >= 15 is 0 Å². The predicted molar refractivity (Wildman–Crippen MR) is 64.5 cm³/mol. The zero-order valence-electron chi connectivity index (χ0n) is 8.49. The number of hydrogen-bond acceptors (Lipinski definition) is 5. The van der Waals surface area contributed by atoms with Gasteiger partial charge in [0, 0.05) is 5.75 Å². The van der Waals surface area contributed by atoms with Crippen LogP contribution in [0.25, 0.3) is 0 Å². The van der Waals surface area contributed by atoms with Gasteiger partial charge in [0.15, 0.2) is 5.17 Å².